The quantitative estimate of drug-likeness (QED) is 0.586. The van der Waals surface area contributed by atoms with E-state index in [0.29, 0.717) is 0 Å². The van der Waals surface area contributed by atoms with Crippen molar-refractivity contribution in [1.29, 1.82) is 5.26 Å². The number of hydrogen-bond acceptors (Lipinski definition) is 3. The van der Waals surface area contributed by atoms with E-state index in [1.807, 2.05) is 54.6 Å². The van der Waals surface area contributed by atoms with E-state index in [2.05, 4.69) is 22.0 Å². The molecule has 0 aliphatic rings. The first kappa shape index (κ1) is 14.8. The third-order valence-corrected chi connectivity index (χ3v) is 4.66. The molecule has 100 valence electrons. The molecule has 0 N–H and O–H groups in total. The fourth-order valence-corrected chi connectivity index (χ4v) is 3.43. The molecule has 0 aromatic heterocycles. The molecular weight excluding hydrogens is 334 g/mol. The Bertz CT molecular complexity index is 624. The van der Waals surface area contributed by atoms with Gasteiger partial charge in [0.15, 0.2) is 0 Å². The molecule has 4 heteroatoms. The van der Waals surface area contributed by atoms with Gasteiger partial charge < -0.3 is 4.79 Å². The van der Waals surface area contributed by atoms with E-state index >= 15 is 0 Å². The standard InChI is InChI=1S/C16H12BrNOS/c17-14-6-4-5-12(9-14)16(13(10-18)11-19)20-15-7-2-1-3-8-15/h1-9,11,13,16H/t13-,16-/m1/s1. The van der Waals surface area contributed by atoms with Crippen molar-refractivity contribution in [2.75, 3.05) is 0 Å². The Morgan fingerprint density at radius 3 is 2.50 bits per heavy atom. The molecule has 0 aliphatic carbocycles. The summed E-state index contributed by atoms with van der Waals surface area (Å²) in [5, 5.41) is 8.99. The zero-order valence-electron chi connectivity index (χ0n) is 10.6. The lowest BCUT2D eigenvalue weighted by atomic mass is 10.0. The minimum absolute atomic E-state index is 0.211. The molecule has 0 amide bonds. The van der Waals surface area contributed by atoms with Gasteiger partial charge in [0.05, 0.1) is 11.3 Å². The van der Waals surface area contributed by atoms with Crippen molar-refractivity contribution in [3.63, 3.8) is 0 Å². The van der Waals surface area contributed by atoms with Gasteiger partial charge in [0.25, 0.3) is 0 Å². The van der Waals surface area contributed by atoms with Crippen LogP contribution in [0.5, 0.6) is 0 Å². The lowest BCUT2D eigenvalue weighted by Crippen LogP contribution is -2.09. The van der Waals surface area contributed by atoms with Gasteiger partial charge in [0, 0.05) is 9.37 Å². The van der Waals surface area contributed by atoms with E-state index in [4.69, 9.17) is 0 Å². The fraction of sp³-hybridized carbons (Fsp3) is 0.125. The van der Waals surface area contributed by atoms with Gasteiger partial charge in [-0.3, -0.25) is 0 Å². The average Bonchev–Trinajstić information content (AvgIpc) is 2.48. The van der Waals surface area contributed by atoms with Crippen LogP contribution < -0.4 is 0 Å². The van der Waals surface area contributed by atoms with Gasteiger partial charge in [-0.05, 0) is 29.8 Å². The SMILES string of the molecule is N#C[C@H](C=O)[C@H](Sc1ccccc1)c1cccc(Br)c1. The average molecular weight is 346 g/mol. The maximum absolute atomic E-state index is 11.2. The lowest BCUT2D eigenvalue weighted by Gasteiger charge is -2.18. The van der Waals surface area contributed by atoms with Crippen molar-refractivity contribution in [3.8, 4) is 6.07 Å². The van der Waals surface area contributed by atoms with Crippen molar-refractivity contribution >= 4 is 34.0 Å². The number of nitrogens with zero attached hydrogens (tertiary/aromatic N) is 1. The summed E-state index contributed by atoms with van der Waals surface area (Å²) in [5.41, 5.74) is 0.965. The highest BCUT2D eigenvalue weighted by atomic mass is 79.9. The predicted octanol–water partition coefficient (Wildman–Crippen LogP) is 4.62. The summed E-state index contributed by atoms with van der Waals surface area (Å²) in [7, 11) is 0. The number of carbonyl (C=O) groups is 1. The number of halogens is 1. The van der Waals surface area contributed by atoms with Crippen LogP contribution in [0.3, 0.4) is 0 Å². The normalized spacial score (nSPS) is 13.2. The Morgan fingerprint density at radius 2 is 1.90 bits per heavy atom. The highest BCUT2D eigenvalue weighted by molar-refractivity contribution is 9.10. The summed E-state index contributed by atoms with van der Waals surface area (Å²) < 4.78 is 0.941. The van der Waals surface area contributed by atoms with E-state index < -0.39 is 5.92 Å². The number of hydrogen-bond donors (Lipinski definition) is 0. The fourth-order valence-electron chi connectivity index (χ4n) is 1.85. The van der Waals surface area contributed by atoms with Gasteiger partial charge in [0.1, 0.15) is 12.2 Å². The number of nitriles is 1. The van der Waals surface area contributed by atoms with Crippen LogP contribution in [0.15, 0.2) is 64.0 Å². The highest BCUT2D eigenvalue weighted by Gasteiger charge is 2.24. The van der Waals surface area contributed by atoms with E-state index in [9.17, 15) is 10.1 Å². The first-order chi connectivity index (χ1) is 9.74. The minimum atomic E-state index is -0.672. The Balaban J connectivity index is 2.35. The molecule has 0 fully saturated rings. The first-order valence-corrected chi connectivity index (χ1v) is 7.74. The number of thioether (sulfide) groups is 1. The number of aldehydes is 1. The molecule has 2 rings (SSSR count). The van der Waals surface area contributed by atoms with Crippen molar-refractivity contribution < 1.29 is 4.79 Å². The first-order valence-electron chi connectivity index (χ1n) is 6.06. The van der Waals surface area contributed by atoms with Gasteiger partial charge in [0.2, 0.25) is 0 Å². The Morgan fingerprint density at radius 1 is 1.15 bits per heavy atom. The topological polar surface area (TPSA) is 40.9 Å². The van der Waals surface area contributed by atoms with Gasteiger partial charge in [-0.1, -0.05) is 46.3 Å². The van der Waals surface area contributed by atoms with Crippen molar-refractivity contribution in [3.05, 3.63) is 64.6 Å². The van der Waals surface area contributed by atoms with Gasteiger partial charge in [-0.25, -0.2) is 0 Å². The van der Waals surface area contributed by atoms with Crippen LogP contribution >= 0.6 is 27.7 Å². The number of carbonyl (C=O) groups excluding carboxylic acids is 1. The summed E-state index contributed by atoms with van der Waals surface area (Å²) >= 11 is 4.96. The van der Waals surface area contributed by atoms with Crippen LogP contribution in [0, 0.1) is 17.2 Å². The maximum Gasteiger partial charge on any atom is 0.138 e. The van der Waals surface area contributed by atoms with E-state index in [0.717, 1.165) is 21.2 Å². The molecular formula is C16H12BrNOS. The van der Waals surface area contributed by atoms with E-state index in [-0.39, 0.29) is 5.25 Å². The second-order valence-corrected chi connectivity index (χ2v) is 6.33. The molecule has 0 bridgehead atoms. The number of rotatable bonds is 5. The summed E-state index contributed by atoms with van der Waals surface area (Å²) in [5.74, 6) is -0.672. The smallest absolute Gasteiger partial charge is 0.138 e. The number of benzene rings is 2. The maximum atomic E-state index is 11.2. The van der Waals surface area contributed by atoms with Crippen molar-refractivity contribution in [2.24, 2.45) is 5.92 Å². The van der Waals surface area contributed by atoms with Crippen LogP contribution in [-0.2, 0) is 4.79 Å². The van der Waals surface area contributed by atoms with Crippen LogP contribution in [-0.4, -0.2) is 6.29 Å². The zero-order valence-corrected chi connectivity index (χ0v) is 13.0. The van der Waals surface area contributed by atoms with E-state index in [1.165, 1.54) is 11.8 Å². The molecule has 2 atom stereocenters. The highest BCUT2D eigenvalue weighted by Crippen LogP contribution is 2.40. The largest absolute Gasteiger partial charge is 0.302 e. The molecule has 2 aromatic carbocycles. The van der Waals surface area contributed by atoms with Crippen molar-refractivity contribution in [1.82, 2.24) is 0 Å². The Kier molecular flexibility index (Phi) is 5.40. The third-order valence-electron chi connectivity index (χ3n) is 2.81. The molecule has 2 aromatic rings. The van der Waals surface area contributed by atoms with Gasteiger partial charge in [-0.15, -0.1) is 11.8 Å². The lowest BCUT2D eigenvalue weighted by molar-refractivity contribution is -0.109. The summed E-state index contributed by atoms with van der Waals surface area (Å²) in [4.78, 5) is 12.2. The molecule has 0 aliphatic heterocycles. The zero-order chi connectivity index (χ0) is 14.4. The minimum Gasteiger partial charge on any atom is -0.302 e. The summed E-state index contributed by atoms with van der Waals surface area (Å²) in [6, 6.07) is 19.6. The third kappa shape index (κ3) is 3.72. The van der Waals surface area contributed by atoms with Crippen LogP contribution in [0.4, 0.5) is 0 Å². The van der Waals surface area contributed by atoms with Crippen LogP contribution in [0.1, 0.15) is 10.8 Å². The Labute approximate surface area is 130 Å². The molecule has 2 nitrogen and oxygen atoms in total. The van der Waals surface area contributed by atoms with E-state index in [1.54, 1.807) is 0 Å². The monoisotopic (exact) mass is 345 g/mol. The molecule has 0 spiro atoms. The molecule has 0 heterocycles. The molecule has 0 saturated heterocycles. The predicted molar refractivity (Wildman–Crippen MR) is 84.3 cm³/mol. The molecule has 0 radical (unpaired) electrons. The second-order valence-electron chi connectivity index (χ2n) is 4.20. The van der Waals surface area contributed by atoms with Gasteiger partial charge in [-0.2, -0.15) is 5.26 Å². The molecule has 0 unspecified atom stereocenters. The van der Waals surface area contributed by atoms with Crippen LogP contribution in [0.25, 0.3) is 0 Å². The van der Waals surface area contributed by atoms with Crippen LogP contribution in [0.2, 0.25) is 0 Å². The van der Waals surface area contributed by atoms with Crippen molar-refractivity contribution in [2.45, 2.75) is 10.1 Å². The second kappa shape index (κ2) is 7.28. The molecule has 0 saturated carbocycles. The Hall–Kier alpha value is -1.57. The van der Waals surface area contributed by atoms with Gasteiger partial charge >= 0.3 is 0 Å². The summed E-state index contributed by atoms with van der Waals surface area (Å²) in [6.45, 7) is 0. The molecule has 20 heavy (non-hydrogen) atoms. The summed E-state index contributed by atoms with van der Waals surface area (Å²) in [6.07, 6.45) is 0.724.